The Hall–Kier alpha value is -0.569. The van der Waals surface area contributed by atoms with Gasteiger partial charge in [-0.15, -0.1) is 24.8 Å². The Morgan fingerprint density at radius 2 is 1.53 bits per heavy atom. The molecule has 162 valence electrons. The molecular formula is C26H36Cl2SiTi. The Kier molecular flexibility index (Phi) is 7.50. The zero-order chi connectivity index (χ0) is 20.3. The molecule has 0 aliphatic heterocycles. The van der Waals surface area contributed by atoms with E-state index in [1.807, 2.05) is 0 Å². The van der Waals surface area contributed by atoms with E-state index in [-0.39, 0.29) is 24.8 Å². The van der Waals surface area contributed by atoms with Crippen LogP contribution in [0.4, 0.5) is 0 Å². The standard InChI is InChI=1S/C13H15.C11H11.2CH3.2ClH.H2Si.Ti/c1-9(2)12-6-4-5-11-7-10(3)8-13(11)12;1-2-9-7-10-5-3-4-6-11(10)8-9;;;;;;/h4-9H,1-3H3;3-8H,2H2,1H3;2*1H3;2*1H;1H2;. The summed E-state index contributed by atoms with van der Waals surface area (Å²) in [6.45, 7) is 9.40. The summed E-state index contributed by atoms with van der Waals surface area (Å²) in [6.07, 6.45) is 6.19. The van der Waals surface area contributed by atoms with Gasteiger partial charge in [0.05, 0.1) is 0 Å². The minimum atomic E-state index is -3.02. The number of allylic oxidation sites excluding steroid dienone is 2. The number of hydrogen-bond acceptors (Lipinski definition) is 0. The van der Waals surface area contributed by atoms with Gasteiger partial charge in [-0.1, -0.05) is 0 Å². The molecule has 2 unspecified atom stereocenters. The second-order valence-electron chi connectivity index (χ2n) is 10.4. The molecule has 2 aromatic rings. The van der Waals surface area contributed by atoms with E-state index in [0.717, 1.165) is 6.42 Å². The number of hydrogen-bond donors (Lipinski definition) is 0. The normalized spacial score (nSPS) is 20.0. The molecular weight excluding hydrogens is 459 g/mol. The first-order valence-electron chi connectivity index (χ1n) is 10.8. The van der Waals surface area contributed by atoms with Crippen molar-refractivity contribution in [3.63, 3.8) is 0 Å². The van der Waals surface area contributed by atoms with Crippen molar-refractivity contribution in [1.29, 1.82) is 0 Å². The van der Waals surface area contributed by atoms with Crippen molar-refractivity contribution in [2.24, 2.45) is 0 Å². The molecule has 0 saturated heterocycles. The first kappa shape index (κ1) is 25.7. The molecule has 30 heavy (non-hydrogen) atoms. The third kappa shape index (κ3) is 3.86. The van der Waals surface area contributed by atoms with E-state index in [1.165, 1.54) is 16.7 Å². The van der Waals surface area contributed by atoms with Gasteiger partial charge in [0.15, 0.2) is 0 Å². The van der Waals surface area contributed by atoms with E-state index in [2.05, 4.69) is 100 Å². The van der Waals surface area contributed by atoms with Gasteiger partial charge < -0.3 is 0 Å². The van der Waals surface area contributed by atoms with Crippen LogP contribution in [-0.2, 0) is 14.0 Å². The van der Waals surface area contributed by atoms with Gasteiger partial charge in [-0.25, -0.2) is 0 Å². The summed E-state index contributed by atoms with van der Waals surface area (Å²) in [5.41, 5.74) is 11.0. The van der Waals surface area contributed by atoms with Crippen LogP contribution in [0.5, 0.6) is 0 Å². The van der Waals surface area contributed by atoms with Crippen LogP contribution in [0.1, 0.15) is 76.3 Å². The molecule has 0 radical (unpaired) electrons. The average Bonchev–Trinajstić information content (AvgIpc) is 3.18. The fourth-order valence-corrected chi connectivity index (χ4v) is 19.9. The molecule has 4 rings (SSSR count). The zero-order valence-electron chi connectivity index (χ0n) is 19.2. The molecule has 0 fully saturated rings. The Morgan fingerprint density at radius 3 is 2.17 bits per heavy atom. The minimum absolute atomic E-state index is 0. The summed E-state index contributed by atoms with van der Waals surface area (Å²) < 4.78 is 1.26. The van der Waals surface area contributed by atoms with Gasteiger partial charge in [0.2, 0.25) is 0 Å². The molecule has 0 heterocycles. The van der Waals surface area contributed by atoms with Crippen LogP contribution in [0.15, 0.2) is 53.6 Å². The van der Waals surface area contributed by atoms with Crippen LogP contribution in [0, 0.1) is 0 Å². The molecule has 0 nitrogen and oxygen atoms in total. The van der Waals surface area contributed by atoms with Crippen molar-refractivity contribution in [2.45, 2.75) is 58.9 Å². The van der Waals surface area contributed by atoms with E-state index in [9.17, 15) is 0 Å². The molecule has 0 spiro atoms. The van der Waals surface area contributed by atoms with E-state index in [0.29, 0.717) is 14.4 Å². The van der Waals surface area contributed by atoms with E-state index >= 15 is 0 Å². The Morgan fingerprint density at radius 1 is 0.900 bits per heavy atom. The van der Waals surface area contributed by atoms with Gasteiger partial charge >= 0.3 is 174 Å². The van der Waals surface area contributed by atoms with Crippen LogP contribution < -0.4 is 0 Å². The van der Waals surface area contributed by atoms with Crippen molar-refractivity contribution >= 4 is 44.6 Å². The van der Waals surface area contributed by atoms with Crippen molar-refractivity contribution in [1.82, 2.24) is 0 Å². The molecule has 2 aliphatic rings. The van der Waals surface area contributed by atoms with E-state index < -0.39 is 14.0 Å². The summed E-state index contributed by atoms with van der Waals surface area (Å²) in [5, 5.41) is 5.43. The van der Waals surface area contributed by atoms with E-state index in [1.54, 1.807) is 22.3 Å². The first-order valence-corrected chi connectivity index (χ1v) is 19.8. The molecule has 4 heteroatoms. The monoisotopic (exact) mass is 494 g/mol. The van der Waals surface area contributed by atoms with E-state index in [4.69, 9.17) is 0 Å². The van der Waals surface area contributed by atoms with Crippen LogP contribution in [-0.4, -0.2) is 7.63 Å². The SMILES string of the molecule is CCC1=Cc2ccccc2[CH]1[Ti]([CH3])([CH3])(=[SiH2])[CH]1C(C)=Cc2c(C(C)C)cccc21.Cl.Cl. The molecule has 0 saturated carbocycles. The van der Waals surface area contributed by atoms with Crippen LogP contribution in [0.3, 0.4) is 0 Å². The van der Waals surface area contributed by atoms with Gasteiger partial charge in [-0.3, -0.25) is 0 Å². The Bertz CT molecular complexity index is 1090. The summed E-state index contributed by atoms with van der Waals surface area (Å²) in [6, 6.07) is 16.2. The zero-order valence-corrected chi connectivity index (χ0v) is 23.8. The fraction of sp³-hybridized carbons (Fsp3) is 0.385. The van der Waals surface area contributed by atoms with Gasteiger partial charge in [-0.2, -0.15) is 0 Å². The predicted octanol–water partition coefficient (Wildman–Crippen LogP) is 7.99. The van der Waals surface area contributed by atoms with Gasteiger partial charge in [-0.05, 0) is 0 Å². The molecule has 2 aromatic carbocycles. The maximum absolute atomic E-state index is 3.02. The van der Waals surface area contributed by atoms with Gasteiger partial charge in [0, 0.05) is 0 Å². The largest absolute Gasteiger partial charge is 0.147 e. The summed E-state index contributed by atoms with van der Waals surface area (Å²) in [5.74, 6) is 0.572. The van der Waals surface area contributed by atoms with Crippen molar-refractivity contribution < 1.29 is 14.0 Å². The number of benzene rings is 2. The van der Waals surface area contributed by atoms with Crippen LogP contribution >= 0.6 is 24.8 Å². The predicted molar refractivity (Wildman–Crippen MR) is 139 cm³/mol. The third-order valence-electron chi connectivity index (χ3n) is 7.26. The number of rotatable bonds is 4. The molecule has 0 bridgehead atoms. The topological polar surface area (TPSA) is 0 Å². The molecule has 2 atom stereocenters. The van der Waals surface area contributed by atoms with Crippen molar-refractivity contribution in [3.05, 3.63) is 81.4 Å². The van der Waals surface area contributed by atoms with Crippen molar-refractivity contribution in [3.8, 4) is 0 Å². The summed E-state index contributed by atoms with van der Waals surface area (Å²) in [7, 11) is 2.42. The third-order valence-corrected chi connectivity index (χ3v) is 18.8. The quantitative estimate of drug-likeness (QED) is 0.377. The maximum Gasteiger partial charge on any atom is -0.147 e. The van der Waals surface area contributed by atoms with Crippen LogP contribution in [0.25, 0.3) is 12.2 Å². The van der Waals surface area contributed by atoms with Crippen molar-refractivity contribution in [2.75, 3.05) is 0 Å². The number of fused-ring (bicyclic) bond motifs is 2. The Labute approximate surface area is 198 Å². The second kappa shape index (κ2) is 8.76. The molecule has 2 aliphatic carbocycles. The smallest absolute Gasteiger partial charge is 0.147 e. The Balaban J connectivity index is 0.00000160. The summed E-state index contributed by atoms with van der Waals surface area (Å²) >= 11 is -3.02. The average molecular weight is 495 g/mol. The minimum Gasteiger partial charge on any atom is -0.147 e. The first-order chi connectivity index (χ1) is 13.1. The number of halogens is 2. The second-order valence-corrected chi connectivity index (χ2v) is 30.6. The van der Waals surface area contributed by atoms with Gasteiger partial charge in [0.1, 0.15) is 0 Å². The molecule has 0 aromatic heterocycles. The van der Waals surface area contributed by atoms with Crippen LogP contribution in [0.2, 0.25) is 10.5 Å². The molecule has 0 N–H and O–H groups in total. The molecule has 0 amide bonds. The maximum atomic E-state index is 2.71. The summed E-state index contributed by atoms with van der Waals surface area (Å²) in [4.78, 5) is 0. The van der Waals surface area contributed by atoms with Gasteiger partial charge in [0.25, 0.3) is 0 Å². The fourth-order valence-electron chi connectivity index (χ4n) is 6.32.